The first kappa shape index (κ1) is 13.8. The SMILES string of the molecule is CCNc1ncc(Br)c(NCc2ccccc2C)n1. The highest BCUT2D eigenvalue weighted by molar-refractivity contribution is 9.10. The standard InChI is InChI=1S/C14H17BrN4/c1-3-16-14-18-9-12(15)13(19-14)17-8-11-7-5-4-6-10(11)2/h4-7,9H,3,8H2,1-2H3,(H2,16,17,18,19). The van der Waals surface area contributed by atoms with Gasteiger partial charge in [-0.15, -0.1) is 0 Å². The Kier molecular flexibility index (Phi) is 4.74. The van der Waals surface area contributed by atoms with E-state index in [2.05, 4.69) is 55.6 Å². The summed E-state index contributed by atoms with van der Waals surface area (Å²) in [6.45, 7) is 5.68. The summed E-state index contributed by atoms with van der Waals surface area (Å²) in [4.78, 5) is 8.62. The molecule has 0 unspecified atom stereocenters. The number of rotatable bonds is 5. The van der Waals surface area contributed by atoms with Crippen molar-refractivity contribution < 1.29 is 0 Å². The summed E-state index contributed by atoms with van der Waals surface area (Å²) in [5.74, 6) is 1.44. The molecule has 0 fully saturated rings. The molecule has 100 valence electrons. The van der Waals surface area contributed by atoms with Crippen LogP contribution in [0.4, 0.5) is 11.8 Å². The number of halogens is 1. The molecule has 0 bridgehead atoms. The lowest BCUT2D eigenvalue weighted by Gasteiger charge is -2.11. The zero-order valence-electron chi connectivity index (χ0n) is 11.1. The van der Waals surface area contributed by atoms with Crippen molar-refractivity contribution in [3.05, 3.63) is 46.1 Å². The monoisotopic (exact) mass is 320 g/mol. The van der Waals surface area contributed by atoms with Crippen LogP contribution in [0.2, 0.25) is 0 Å². The minimum Gasteiger partial charge on any atom is -0.365 e. The van der Waals surface area contributed by atoms with E-state index in [1.54, 1.807) is 6.20 Å². The summed E-state index contributed by atoms with van der Waals surface area (Å²) in [6.07, 6.45) is 1.76. The fraction of sp³-hybridized carbons (Fsp3) is 0.286. The second kappa shape index (κ2) is 6.52. The maximum atomic E-state index is 4.43. The second-order valence-corrected chi connectivity index (χ2v) is 5.05. The van der Waals surface area contributed by atoms with Crippen LogP contribution in [0.5, 0.6) is 0 Å². The molecule has 1 aromatic heterocycles. The maximum Gasteiger partial charge on any atom is 0.224 e. The van der Waals surface area contributed by atoms with Gasteiger partial charge in [-0.2, -0.15) is 4.98 Å². The average molecular weight is 321 g/mol. The fourth-order valence-electron chi connectivity index (χ4n) is 1.72. The first-order chi connectivity index (χ1) is 9.20. The molecule has 0 spiro atoms. The van der Waals surface area contributed by atoms with Gasteiger partial charge in [-0.25, -0.2) is 4.98 Å². The molecule has 5 heteroatoms. The molecular formula is C14H17BrN4. The largest absolute Gasteiger partial charge is 0.365 e. The summed E-state index contributed by atoms with van der Waals surface area (Å²) in [5.41, 5.74) is 2.53. The maximum absolute atomic E-state index is 4.43. The average Bonchev–Trinajstić information content (AvgIpc) is 2.41. The minimum absolute atomic E-state index is 0.637. The van der Waals surface area contributed by atoms with Crippen molar-refractivity contribution in [1.29, 1.82) is 0 Å². The van der Waals surface area contributed by atoms with Gasteiger partial charge in [0.1, 0.15) is 5.82 Å². The highest BCUT2D eigenvalue weighted by atomic mass is 79.9. The Bertz CT molecular complexity index is 557. The number of aromatic nitrogens is 2. The molecule has 1 heterocycles. The van der Waals surface area contributed by atoms with E-state index in [0.717, 1.165) is 23.4 Å². The topological polar surface area (TPSA) is 49.8 Å². The summed E-state index contributed by atoms with van der Waals surface area (Å²) >= 11 is 3.46. The van der Waals surface area contributed by atoms with Gasteiger partial charge in [-0.3, -0.25) is 0 Å². The van der Waals surface area contributed by atoms with E-state index in [1.807, 2.05) is 19.1 Å². The van der Waals surface area contributed by atoms with Crippen molar-refractivity contribution in [2.75, 3.05) is 17.2 Å². The smallest absolute Gasteiger partial charge is 0.224 e. The third-order valence-corrected chi connectivity index (χ3v) is 3.37. The van der Waals surface area contributed by atoms with Gasteiger partial charge in [0.25, 0.3) is 0 Å². The van der Waals surface area contributed by atoms with E-state index < -0.39 is 0 Å². The normalized spacial score (nSPS) is 10.3. The van der Waals surface area contributed by atoms with Gasteiger partial charge in [-0.1, -0.05) is 24.3 Å². The molecule has 2 rings (SSSR count). The van der Waals surface area contributed by atoms with E-state index >= 15 is 0 Å². The lowest BCUT2D eigenvalue weighted by molar-refractivity contribution is 1.04. The van der Waals surface area contributed by atoms with Crippen LogP contribution >= 0.6 is 15.9 Å². The molecule has 0 saturated carbocycles. The molecule has 1 aromatic carbocycles. The molecular weight excluding hydrogens is 304 g/mol. The van der Waals surface area contributed by atoms with Gasteiger partial charge in [-0.05, 0) is 40.9 Å². The number of nitrogens with zero attached hydrogens (tertiary/aromatic N) is 2. The molecule has 19 heavy (non-hydrogen) atoms. The molecule has 4 nitrogen and oxygen atoms in total. The van der Waals surface area contributed by atoms with Crippen molar-refractivity contribution in [3.63, 3.8) is 0 Å². The third kappa shape index (κ3) is 3.67. The quantitative estimate of drug-likeness (QED) is 0.883. The number of hydrogen-bond donors (Lipinski definition) is 2. The first-order valence-corrected chi connectivity index (χ1v) is 7.04. The molecule has 0 radical (unpaired) electrons. The van der Waals surface area contributed by atoms with Crippen molar-refractivity contribution in [1.82, 2.24) is 9.97 Å². The number of nitrogens with one attached hydrogen (secondary N) is 2. The predicted octanol–water partition coefficient (Wildman–Crippen LogP) is 3.59. The number of aryl methyl sites for hydroxylation is 1. The number of anilines is 2. The Labute approximate surface area is 121 Å². The lowest BCUT2D eigenvalue weighted by Crippen LogP contribution is -2.07. The van der Waals surface area contributed by atoms with Crippen LogP contribution in [-0.2, 0) is 6.54 Å². The zero-order valence-corrected chi connectivity index (χ0v) is 12.7. The molecule has 0 aliphatic rings. The number of hydrogen-bond acceptors (Lipinski definition) is 4. The van der Waals surface area contributed by atoms with Crippen LogP contribution in [-0.4, -0.2) is 16.5 Å². The van der Waals surface area contributed by atoms with Gasteiger partial charge >= 0.3 is 0 Å². The molecule has 2 N–H and O–H groups in total. The number of benzene rings is 1. The van der Waals surface area contributed by atoms with E-state index in [-0.39, 0.29) is 0 Å². The Morgan fingerprint density at radius 1 is 1.21 bits per heavy atom. The Balaban J connectivity index is 2.10. The molecule has 2 aromatic rings. The van der Waals surface area contributed by atoms with Crippen LogP contribution in [0, 0.1) is 6.92 Å². The summed E-state index contributed by atoms with van der Waals surface area (Å²) in [7, 11) is 0. The molecule has 0 saturated heterocycles. The fourth-order valence-corrected chi connectivity index (χ4v) is 2.05. The van der Waals surface area contributed by atoms with Crippen LogP contribution < -0.4 is 10.6 Å². The first-order valence-electron chi connectivity index (χ1n) is 6.25. The van der Waals surface area contributed by atoms with Gasteiger partial charge in [0.05, 0.1) is 4.47 Å². The summed E-state index contributed by atoms with van der Waals surface area (Å²) in [5, 5.41) is 6.43. The highest BCUT2D eigenvalue weighted by Gasteiger charge is 2.05. The van der Waals surface area contributed by atoms with Crippen LogP contribution in [0.1, 0.15) is 18.1 Å². The second-order valence-electron chi connectivity index (χ2n) is 4.20. The zero-order chi connectivity index (χ0) is 13.7. The molecule has 0 aliphatic carbocycles. The van der Waals surface area contributed by atoms with E-state index in [1.165, 1.54) is 11.1 Å². The van der Waals surface area contributed by atoms with Crippen molar-refractivity contribution in [3.8, 4) is 0 Å². The van der Waals surface area contributed by atoms with Crippen molar-refractivity contribution in [2.24, 2.45) is 0 Å². The van der Waals surface area contributed by atoms with Gasteiger partial charge < -0.3 is 10.6 Å². The Hall–Kier alpha value is -1.62. The molecule has 0 atom stereocenters. The van der Waals surface area contributed by atoms with Crippen molar-refractivity contribution >= 4 is 27.7 Å². The van der Waals surface area contributed by atoms with E-state index in [0.29, 0.717) is 5.95 Å². The molecule has 0 amide bonds. The highest BCUT2D eigenvalue weighted by Crippen LogP contribution is 2.21. The van der Waals surface area contributed by atoms with Crippen LogP contribution in [0.15, 0.2) is 34.9 Å². The van der Waals surface area contributed by atoms with Gasteiger partial charge in [0.2, 0.25) is 5.95 Å². The predicted molar refractivity (Wildman–Crippen MR) is 82.4 cm³/mol. The van der Waals surface area contributed by atoms with Crippen LogP contribution in [0.25, 0.3) is 0 Å². The Morgan fingerprint density at radius 3 is 2.74 bits per heavy atom. The van der Waals surface area contributed by atoms with E-state index in [9.17, 15) is 0 Å². The summed E-state index contributed by atoms with van der Waals surface area (Å²) in [6, 6.07) is 8.31. The van der Waals surface area contributed by atoms with Gasteiger partial charge in [0.15, 0.2) is 0 Å². The summed E-state index contributed by atoms with van der Waals surface area (Å²) < 4.78 is 0.864. The minimum atomic E-state index is 0.637. The van der Waals surface area contributed by atoms with Crippen molar-refractivity contribution in [2.45, 2.75) is 20.4 Å². The van der Waals surface area contributed by atoms with Crippen LogP contribution in [0.3, 0.4) is 0 Å². The van der Waals surface area contributed by atoms with Gasteiger partial charge in [0, 0.05) is 19.3 Å². The molecule has 0 aliphatic heterocycles. The third-order valence-electron chi connectivity index (χ3n) is 2.79. The lowest BCUT2D eigenvalue weighted by atomic mass is 10.1. The Morgan fingerprint density at radius 2 is 2.00 bits per heavy atom. The van der Waals surface area contributed by atoms with E-state index in [4.69, 9.17) is 0 Å².